The van der Waals surface area contributed by atoms with Crippen LogP contribution in [0.1, 0.15) is 38.3 Å². The van der Waals surface area contributed by atoms with Crippen LogP contribution in [0.4, 0.5) is 11.5 Å². The van der Waals surface area contributed by atoms with Gasteiger partial charge in [0, 0.05) is 26.2 Å². The third kappa shape index (κ3) is 4.88. The maximum atomic E-state index is 13.2. The van der Waals surface area contributed by atoms with Crippen LogP contribution in [0.2, 0.25) is 0 Å². The first-order valence-electron chi connectivity index (χ1n) is 10.1. The number of pyridine rings is 1. The summed E-state index contributed by atoms with van der Waals surface area (Å²) in [5.74, 6) is 0.840. The number of hydrogen-bond donors (Lipinski definition) is 2. The molecule has 3 rings (SSSR count). The zero-order valence-corrected chi connectivity index (χ0v) is 16.7. The van der Waals surface area contributed by atoms with E-state index >= 15 is 0 Å². The topological polar surface area (TPSA) is 68.7 Å². The number of benzene rings is 1. The lowest BCUT2D eigenvalue weighted by Gasteiger charge is -2.35. The molecule has 2 aromatic rings. The Kier molecular flexibility index (Phi) is 7.01. The summed E-state index contributed by atoms with van der Waals surface area (Å²) in [6.45, 7) is 7.39. The number of anilines is 2. The standard InChI is InChI=1S/C22H30N4O2/c1-3-25(4-2)20-11-10-18(16-23-20)24-22(28)21(17-8-6-5-7-9-17)26-14-12-19(27)13-15-26/h5-11,16,19,21,27H,3-4,12-15H2,1-2H3,(H,24,28). The number of hydrogen-bond acceptors (Lipinski definition) is 5. The van der Waals surface area contributed by atoms with Crippen LogP contribution in [0.3, 0.4) is 0 Å². The number of aliphatic hydroxyl groups is 1. The van der Waals surface area contributed by atoms with Crippen LogP contribution in [0.5, 0.6) is 0 Å². The van der Waals surface area contributed by atoms with Gasteiger partial charge >= 0.3 is 0 Å². The highest BCUT2D eigenvalue weighted by Gasteiger charge is 2.30. The molecule has 150 valence electrons. The Labute approximate surface area is 167 Å². The van der Waals surface area contributed by atoms with Gasteiger partial charge in [0.1, 0.15) is 11.9 Å². The largest absolute Gasteiger partial charge is 0.393 e. The third-order valence-corrected chi connectivity index (χ3v) is 5.33. The van der Waals surface area contributed by atoms with Crippen LogP contribution in [0.25, 0.3) is 0 Å². The molecule has 2 heterocycles. The molecule has 2 N–H and O–H groups in total. The quantitative estimate of drug-likeness (QED) is 0.770. The molecule has 1 amide bonds. The minimum Gasteiger partial charge on any atom is -0.393 e. The van der Waals surface area contributed by atoms with Gasteiger partial charge in [-0.1, -0.05) is 30.3 Å². The summed E-state index contributed by atoms with van der Waals surface area (Å²) in [6.07, 6.45) is 2.83. The molecular weight excluding hydrogens is 352 g/mol. The molecular formula is C22H30N4O2. The van der Waals surface area contributed by atoms with Crippen LogP contribution >= 0.6 is 0 Å². The minimum absolute atomic E-state index is 0.0695. The molecule has 0 saturated carbocycles. The number of piperidine rings is 1. The number of likely N-dealkylation sites (tertiary alicyclic amines) is 1. The van der Waals surface area contributed by atoms with E-state index in [9.17, 15) is 9.90 Å². The van der Waals surface area contributed by atoms with Gasteiger partial charge in [-0.15, -0.1) is 0 Å². The summed E-state index contributed by atoms with van der Waals surface area (Å²) in [7, 11) is 0. The SMILES string of the molecule is CCN(CC)c1ccc(NC(=O)C(c2ccccc2)N2CCC(O)CC2)cn1. The number of aromatic nitrogens is 1. The van der Waals surface area contributed by atoms with Crippen molar-refractivity contribution in [2.75, 3.05) is 36.4 Å². The second-order valence-corrected chi connectivity index (χ2v) is 7.15. The van der Waals surface area contributed by atoms with E-state index in [1.165, 1.54) is 0 Å². The average Bonchev–Trinajstić information content (AvgIpc) is 2.72. The van der Waals surface area contributed by atoms with Gasteiger partial charge in [-0.3, -0.25) is 9.69 Å². The van der Waals surface area contributed by atoms with Gasteiger partial charge in [-0.05, 0) is 44.4 Å². The number of amides is 1. The first-order valence-corrected chi connectivity index (χ1v) is 10.1. The van der Waals surface area contributed by atoms with E-state index < -0.39 is 0 Å². The van der Waals surface area contributed by atoms with Crippen molar-refractivity contribution in [2.24, 2.45) is 0 Å². The molecule has 1 aliphatic rings. The van der Waals surface area contributed by atoms with Gasteiger partial charge < -0.3 is 15.3 Å². The van der Waals surface area contributed by atoms with Crippen LogP contribution < -0.4 is 10.2 Å². The molecule has 0 bridgehead atoms. The fourth-order valence-corrected chi connectivity index (χ4v) is 3.71. The van der Waals surface area contributed by atoms with Crippen molar-refractivity contribution < 1.29 is 9.90 Å². The van der Waals surface area contributed by atoms with Crippen molar-refractivity contribution >= 4 is 17.4 Å². The van der Waals surface area contributed by atoms with E-state index in [1.807, 2.05) is 42.5 Å². The number of aliphatic hydroxyl groups excluding tert-OH is 1. The molecule has 28 heavy (non-hydrogen) atoms. The summed E-state index contributed by atoms with van der Waals surface area (Å²) in [5, 5.41) is 12.9. The second-order valence-electron chi connectivity index (χ2n) is 7.15. The van der Waals surface area contributed by atoms with Gasteiger partial charge in [-0.2, -0.15) is 0 Å². The highest BCUT2D eigenvalue weighted by Crippen LogP contribution is 2.26. The monoisotopic (exact) mass is 382 g/mol. The molecule has 1 aromatic carbocycles. The lowest BCUT2D eigenvalue weighted by molar-refractivity contribution is -0.122. The van der Waals surface area contributed by atoms with Gasteiger partial charge in [0.05, 0.1) is 18.0 Å². The Morgan fingerprint density at radius 2 is 1.86 bits per heavy atom. The van der Waals surface area contributed by atoms with E-state index in [-0.39, 0.29) is 18.1 Å². The number of carbonyl (C=O) groups excluding carboxylic acids is 1. The fourth-order valence-electron chi connectivity index (χ4n) is 3.71. The van der Waals surface area contributed by atoms with E-state index in [0.29, 0.717) is 31.6 Å². The van der Waals surface area contributed by atoms with E-state index in [4.69, 9.17) is 0 Å². The maximum absolute atomic E-state index is 13.2. The summed E-state index contributed by atoms with van der Waals surface area (Å²) < 4.78 is 0. The van der Waals surface area contributed by atoms with Gasteiger partial charge in [0.25, 0.3) is 0 Å². The van der Waals surface area contributed by atoms with Gasteiger partial charge in [0.2, 0.25) is 5.91 Å². The van der Waals surface area contributed by atoms with Crippen molar-refractivity contribution in [3.63, 3.8) is 0 Å². The number of nitrogens with one attached hydrogen (secondary N) is 1. The maximum Gasteiger partial charge on any atom is 0.246 e. The lowest BCUT2D eigenvalue weighted by Crippen LogP contribution is -2.43. The number of nitrogens with zero attached hydrogens (tertiary/aromatic N) is 3. The predicted molar refractivity (Wildman–Crippen MR) is 112 cm³/mol. The Morgan fingerprint density at radius 3 is 2.43 bits per heavy atom. The number of carbonyl (C=O) groups is 1. The zero-order chi connectivity index (χ0) is 19.9. The molecule has 1 saturated heterocycles. The lowest BCUT2D eigenvalue weighted by atomic mass is 10.00. The summed E-state index contributed by atoms with van der Waals surface area (Å²) in [6, 6.07) is 13.3. The van der Waals surface area contributed by atoms with Crippen LogP contribution in [-0.2, 0) is 4.79 Å². The first-order chi connectivity index (χ1) is 13.6. The highest BCUT2D eigenvalue weighted by molar-refractivity contribution is 5.95. The van der Waals surface area contributed by atoms with Crippen molar-refractivity contribution in [3.05, 3.63) is 54.2 Å². The van der Waals surface area contributed by atoms with Gasteiger partial charge in [-0.25, -0.2) is 4.98 Å². The predicted octanol–water partition coefficient (Wildman–Crippen LogP) is 3.06. The highest BCUT2D eigenvalue weighted by atomic mass is 16.3. The normalized spacial score (nSPS) is 16.5. The van der Waals surface area contributed by atoms with Crippen molar-refractivity contribution in [1.29, 1.82) is 0 Å². The minimum atomic E-state index is -0.379. The molecule has 0 radical (unpaired) electrons. The van der Waals surface area contributed by atoms with E-state index in [0.717, 1.165) is 24.5 Å². The first kappa shape index (κ1) is 20.3. The Balaban J connectivity index is 1.76. The molecule has 6 nitrogen and oxygen atoms in total. The summed E-state index contributed by atoms with van der Waals surface area (Å²) in [4.78, 5) is 22.0. The summed E-state index contributed by atoms with van der Waals surface area (Å²) >= 11 is 0. The van der Waals surface area contributed by atoms with Crippen LogP contribution in [0, 0.1) is 0 Å². The van der Waals surface area contributed by atoms with E-state index in [2.05, 4.69) is 33.9 Å². The van der Waals surface area contributed by atoms with Crippen LogP contribution in [-0.4, -0.2) is 53.2 Å². The molecule has 1 unspecified atom stereocenters. The molecule has 1 atom stereocenters. The zero-order valence-electron chi connectivity index (χ0n) is 16.7. The Bertz CT molecular complexity index is 739. The Morgan fingerprint density at radius 1 is 1.18 bits per heavy atom. The van der Waals surface area contributed by atoms with Crippen molar-refractivity contribution in [3.8, 4) is 0 Å². The Hall–Kier alpha value is -2.44. The molecule has 0 aliphatic carbocycles. The van der Waals surface area contributed by atoms with E-state index in [1.54, 1.807) is 6.20 Å². The van der Waals surface area contributed by atoms with Gasteiger partial charge in [0.15, 0.2) is 0 Å². The smallest absolute Gasteiger partial charge is 0.246 e. The average molecular weight is 383 g/mol. The third-order valence-electron chi connectivity index (χ3n) is 5.33. The molecule has 0 spiro atoms. The van der Waals surface area contributed by atoms with Crippen molar-refractivity contribution in [1.82, 2.24) is 9.88 Å². The molecule has 1 aromatic heterocycles. The van der Waals surface area contributed by atoms with Crippen molar-refractivity contribution in [2.45, 2.75) is 38.8 Å². The molecule has 1 aliphatic heterocycles. The second kappa shape index (κ2) is 9.66. The summed E-state index contributed by atoms with van der Waals surface area (Å²) in [5.41, 5.74) is 1.66. The van der Waals surface area contributed by atoms with Crippen LogP contribution in [0.15, 0.2) is 48.7 Å². The molecule has 1 fully saturated rings. The number of rotatable bonds is 7. The molecule has 6 heteroatoms. The fraction of sp³-hybridized carbons (Fsp3) is 0.455.